The highest BCUT2D eigenvalue weighted by atomic mass is 16.7. The Labute approximate surface area is 52.1 Å². The molecule has 0 radical (unpaired) electrons. The van der Waals surface area contributed by atoms with Crippen LogP contribution in [0.15, 0.2) is 5.28 Å². The molecule has 48 valence electrons. The summed E-state index contributed by atoms with van der Waals surface area (Å²) in [4.78, 5) is 15.1. The molecule has 0 aromatic heterocycles. The number of fused-ring (bicyclic) bond motifs is 1. The third-order valence-electron chi connectivity index (χ3n) is 1.73. The molecule has 0 amide bonds. The SMILES string of the molecule is O=C1ON=[N+]2CCCC12. The second kappa shape index (κ2) is 1.52. The van der Waals surface area contributed by atoms with Crippen molar-refractivity contribution in [1.82, 2.24) is 0 Å². The Morgan fingerprint density at radius 1 is 1.78 bits per heavy atom. The van der Waals surface area contributed by atoms with Crippen LogP contribution in [-0.2, 0) is 9.63 Å². The van der Waals surface area contributed by atoms with Crippen LogP contribution in [0.1, 0.15) is 12.8 Å². The van der Waals surface area contributed by atoms with E-state index in [0.717, 1.165) is 19.4 Å². The topological polar surface area (TPSA) is 41.7 Å². The van der Waals surface area contributed by atoms with E-state index in [2.05, 4.69) is 10.1 Å². The number of carbonyl (C=O) groups is 1. The predicted octanol–water partition coefficient (Wildman–Crippen LogP) is 0.0853. The summed E-state index contributed by atoms with van der Waals surface area (Å²) in [5.41, 5.74) is 0. The lowest BCUT2D eigenvalue weighted by Crippen LogP contribution is -2.20. The minimum atomic E-state index is -0.187. The van der Waals surface area contributed by atoms with E-state index >= 15 is 0 Å². The van der Waals surface area contributed by atoms with Gasteiger partial charge in [0.15, 0.2) is 11.8 Å². The Morgan fingerprint density at radius 3 is 3.44 bits per heavy atom. The van der Waals surface area contributed by atoms with Gasteiger partial charge in [-0.05, 0) is 0 Å². The van der Waals surface area contributed by atoms with Crippen molar-refractivity contribution in [2.45, 2.75) is 18.9 Å². The lowest BCUT2D eigenvalue weighted by Gasteiger charge is -1.84. The van der Waals surface area contributed by atoms with Gasteiger partial charge in [-0.1, -0.05) is 4.70 Å². The van der Waals surface area contributed by atoms with Crippen molar-refractivity contribution in [3.63, 3.8) is 0 Å². The first-order chi connectivity index (χ1) is 4.38. The summed E-state index contributed by atoms with van der Waals surface area (Å²) in [7, 11) is 0. The molecule has 4 nitrogen and oxygen atoms in total. The predicted molar refractivity (Wildman–Crippen MR) is 26.7 cm³/mol. The molecule has 0 spiro atoms. The van der Waals surface area contributed by atoms with Crippen molar-refractivity contribution in [1.29, 1.82) is 0 Å². The van der Waals surface area contributed by atoms with E-state index in [1.165, 1.54) is 0 Å². The number of hydrogen-bond acceptors (Lipinski definition) is 3. The molecule has 2 rings (SSSR count). The maximum absolute atomic E-state index is 10.7. The normalized spacial score (nSPS) is 31.8. The summed E-state index contributed by atoms with van der Waals surface area (Å²) >= 11 is 0. The molecule has 2 heterocycles. The lowest BCUT2D eigenvalue weighted by atomic mass is 10.2. The molecule has 2 aliphatic rings. The van der Waals surface area contributed by atoms with Crippen molar-refractivity contribution in [2.75, 3.05) is 6.54 Å². The van der Waals surface area contributed by atoms with Crippen molar-refractivity contribution in [2.24, 2.45) is 5.28 Å². The van der Waals surface area contributed by atoms with E-state index in [9.17, 15) is 4.79 Å². The van der Waals surface area contributed by atoms with E-state index < -0.39 is 0 Å². The maximum atomic E-state index is 10.7. The van der Waals surface area contributed by atoms with Gasteiger partial charge in [0.2, 0.25) is 0 Å². The minimum absolute atomic E-state index is 0.0509. The molecule has 0 N–H and O–H groups in total. The summed E-state index contributed by atoms with van der Waals surface area (Å²) in [6, 6.07) is -0.0509. The molecule has 0 bridgehead atoms. The number of hydrogen-bond donors (Lipinski definition) is 0. The maximum Gasteiger partial charge on any atom is 0.410 e. The first-order valence-electron chi connectivity index (χ1n) is 3.06. The quantitative estimate of drug-likeness (QED) is 0.432. The van der Waals surface area contributed by atoms with Gasteiger partial charge in [0.05, 0.1) is 0 Å². The monoisotopic (exact) mass is 127 g/mol. The molecular weight excluding hydrogens is 120 g/mol. The van der Waals surface area contributed by atoms with Gasteiger partial charge in [0, 0.05) is 12.8 Å². The van der Waals surface area contributed by atoms with Gasteiger partial charge in [-0.25, -0.2) is 4.79 Å². The third kappa shape index (κ3) is 0.557. The minimum Gasteiger partial charge on any atom is -0.261 e. The van der Waals surface area contributed by atoms with Crippen molar-refractivity contribution >= 4 is 5.97 Å². The Bertz CT molecular complexity index is 187. The second-order valence-corrected chi connectivity index (χ2v) is 2.31. The van der Waals surface area contributed by atoms with Crippen LogP contribution in [0.4, 0.5) is 0 Å². The molecule has 0 saturated carbocycles. The van der Waals surface area contributed by atoms with E-state index in [0.29, 0.717) is 0 Å². The summed E-state index contributed by atoms with van der Waals surface area (Å²) in [6.45, 7) is 0.871. The summed E-state index contributed by atoms with van der Waals surface area (Å²) in [5.74, 6) is -0.187. The van der Waals surface area contributed by atoms with E-state index in [1.807, 2.05) is 0 Å². The van der Waals surface area contributed by atoms with Crippen molar-refractivity contribution in [3.05, 3.63) is 0 Å². The fourth-order valence-electron chi connectivity index (χ4n) is 1.24. The van der Waals surface area contributed by atoms with Gasteiger partial charge in [-0.3, -0.25) is 4.84 Å². The lowest BCUT2D eigenvalue weighted by molar-refractivity contribution is -0.597. The Morgan fingerprint density at radius 2 is 2.67 bits per heavy atom. The molecule has 9 heavy (non-hydrogen) atoms. The summed E-state index contributed by atoms with van der Waals surface area (Å²) in [6.07, 6.45) is 1.96. The zero-order chi connectivity index (χ0) is 6.27. The van der Waals surface area contributed by atoms with E-state index in [-0.39, 0.29) is 12.0 Å². The molecule has 0 aliphatic carbocycles. The fraction of sp³-hybridized carbons (Fsp3) is 0.800. The van der Waals surface area contributed by atoms with Gasteiger partial charge in [0.25, 0.3) is 6.04 Å². The Kier molecular flexibility index (Phi) is 0.831. The molecule has 1 fully saturated rings. The van der Waals surface area contributed by atoms with Crippen molar-refractivity contribution < 1.29 is 14.3 Å². The Hall–Kier alpha value is -0.930. The zero-order valence-corrected chi connectivity index (χ0v) is 4.91. The van der Waals surface area contributed by atoms with Crippen LogP contribution < -0.4 is 0 Å². The average molecular weight is 127 g/mol. The number of nitrogens with zero attached hydrogens (tertiary/aromatic N) is 2. The van der Waals surface area contributed by atoms with Crippen LogP contribution in [0, 0.1) is 0 Å². The average Bonchev–Trinajstić information content (AvgIpc) is 2.35. The van der Waals surface area contributed by atoms with Crippen LogP contribution in [-0.4, -0.2) is 23.3 Å². The Balaban J connectivity index is 2.28. The zero-order valence-electron chi connectivity index (χ0n) is 4.91. The molecular formula is C5H7N2O2+. The smallest absolute Gasteiger partial charge is 0.261 e. The number of rotatable bonds is 0. The van der Waals surface area contributed by atoms with E-state index in [4.69, 9.17) is 0 Å². The van der Waals surface area contributed by atoms with Gasteiger partial charge >= 0.3 is 5.97 Å². The molecule has 0 aromatic carbocycles. The largest absolute Gasteiger partial charge is 0.410 e. The summed E-state index contributed by atoms with van der Waals surface area (Å²) < 4.78 is 1.71. The van der Waals surface area contributed by atoms with Crippen LogP contribution in [0.2, 0.25) is 0 Å². The molecule has 1 saturated heterocycles. The van der Waals surface area contributed by atoms with Gasteiger partial charge < -0.3 is 0 Å². The second-order valence-electron chi connectivity index (χ2n) is 2.31. The van der Waals surface area contributed by atoms with Crippen LogP contribution in [0.5, 0.6) is 0 Å². The molecule has 0 aromatic rings. The van der Waals surface area contributed by atoms with Crippen LogP contribution >= 0.6 is 0 Å². The third-order valence-corrected chi connectivity index (χ3v) is 1.73. The fourth-order valence-corrected chi connectivity index (χ4v) is 1.24. The first kappa shape index (κ1) is 4.90. The van der Waals surface area contributed by atoms with Crippen molar-refractivity contribution in [3.8, 4) is 0 Å². The van der Waals surface area contributed by atoms with Gasteiger partial charge in [-0.15, -0.1) is 0 Å². The molecule has 4 heteroatoms. The highest BCUT2D eigenvalue weighted by molar-refractivity contribution is 5.74. The summed E-state index contributed by atoms with van der Waals surface area (Å²) in [5, 5.41) is 3.56. The van der Waals surface area contributed by atoms with E-state index in [1.54, 1.807) is 4.70 Å². The highest BCUT2D eigenvalue weighted by Crippen LogP contribution is 2.18. The highest BCUT2D eigenvalue weighted by Gasteiger charge is 2.43. The standard InChI is InChI=1S/C5H7N2O2/c8-5-4-2-1-3-7(4)6-9-5/h4H,1-3H2/q+1. The molecule has 2 aliphatic heterocycles. The molecule has 1 atom stereocenters. The van der Waals surface area contributed by atoms with Crippen LogP contribution in [0.3, 0.4) is 0 Å². The molecule has 1 unspecified atom stereocenters. The van der Waals surface area contributed by atoms with Gasteiger partial charge in [0.1, 0.15) is 0 Å². The van der Waals surface area contributed by atoms with Crippen LogP contribution in [0.25, 0.3) is 0 Å². The van der Waals surface area contributed by atoms with Gasteiger partial charge in [-0.2, -0.15) is 0 Å². The number of carbonyl (C=O) groups excluding carboxylic acids is 1. The first-order valence-corrected chi connectivity index (χ1v) is 3.06.